The number of rotatable bonds is 5. The van der Waals surface area contributed by atoms with E-state index in [-0.39, 0.29) is 23.3 Å². The Hall–Kier alpha value is -3.44. The zero-order valence-electron chi connectivity index (χ0n) is 21.4. The minimum Gasteiger partial charge on any atom is -0.340 e. The van der Waals surface area contributed by atoms with Crippen LogP contribution in [0.15, 0.2) is 48.8 Å². The van der Waals surface area contributed by atoms with Crippen molar-refractivity contribution in [1.29, 1.82) is 5.26 Å². The molecule has 0 radical (unpaired) electrons. The summed E-state index contributed by atoms with van der Waals surface area (Å²) >= 11 is 0. The number of nitriles is 1. The number of carbonyl (C=O) groups excluding carboxylic acids is 2. The molecule has 2 aromatic rings. The Morgan fingerprint density at radius 2 is 1.81 bits per heavy atom. The lowest BCUT2D eigenvalue weighted by Crippen LogP contribution is -2.52. The predicted octanol–water partition coefficient (Wildman–Crippen LogP) is 3.35. The second-order valence-corrected chi connectivity index (χ2v) is 10.8. The molecule has 2 aliphatic rings. The number of nitrogens with two attached hydrogens (primary N) is 1. The van der Waals surface area contributed by atoms with E-state index < -0.39 is 12.1 Å². The fourth-order valence-electron chi connectivity index (χ4n) is 5.06. The van der Waals surface area contributed by atoms with Gasteiger partial charge < -0.3 is 10.6 Å². The number of pyridine rings is 1. The number of carbonyl (C=O) groups is 2. The normalized spacial score (nSPS) is 19.6. The molecule has 190 valence electrons. The monoisotopic (exact) mass is 488 g/mol. The van der Waals surface area contributed by atoms with E-state index in [2.05, 4.69) is 31.9 Å². The van der Waals surface area contributed by atoms with Crippen LogP contribution in [0.1, 0.15) is 63.6 Å². The molecule has 3 heterocycles. The summed E-state index contributed by atoms with van der Waals surface area (Å²) in [6.45, 7) is 8.05. The highest BCUT2D eigenvalue weighted by Gasteiger charge is 2.42. The number of likely N-dealkylation sites (tertiary alicyclic amines) is 2. The van der Waals surface area contributed by atoms with Gasteiger partial charge in [0.15, 0.2) is 6.19 Å². The van der Waals surface area contributed by atoms with Gasteiger partial charge in [-0.15, -0.1) is 0 Å². The molecule has 2 aliphatic heterocycles. The van der Waals surface area contributed by atoms with Gasteiger partial charge >= 0.3 is 0 Å². The number of hydrogen-bond acceptors (Lipinski definition) is 6. The molecule has 0 spiro atoms. The number of hydrogen-bond donors (Lipinski definition) is 1. The smallest absolute Gasteiger partial charge is 0.251 e. The van der Waals surface area contributed by atoms with E-state index in [0.717, 1.165) is 24.8 Å². The molecule has 0 bridgehead atoms. The van der Waals surface area contributed by atoms with E-state index >= 15 is 0 Å². The first-order valence-corrected chi connectivity index (χ1v) is 12.7. The van der Waals surface area contributed by atoms with Gasteiger partial charge in [0.2, 0.25) is 5.91 Å². The highest BCUT2D eigenvalue weighted by Crippen LogP contribution is 2.34. The lowest BCUT2D eigenvalue weighted by atomic mass is 9.87. The highest BCUT2D eigenvalue weighted by atomic mass is 16.2. The Balaban J connectivity index is 1.81. The number of amides is 2. The average molecular weight is 489 g/mol. The first-order chi connectivity index (χ1) is 17.2. The Labute approximate surface area is 213 Å². The van der Waals surface area contributed by atoms with Crippen molar-refractivity contribution in [3.63, 3.8) is 0 Å². The maximum Gasteiger partial charge on any atom is 0.251 e. The molecule has 2 saturated heterocycles. The summed E-state index contributed by atoms with van der Waals surface area (Å²) < 4.78 is 0. The summed E-state index contributed by atoms with van der Waals surface area (Å²) in [5.74, 6) is -0.391. The summed E-state index contributed by atoms with van der Waals surface area (Å²) in [5, 5.41) is 9.67. The lowest BCUT2D eigenvalue weighted by Gasteiger charge is -2.39. The Morgan fingerprint density at radius 3 is 2.39 bits per heavy atom. The van der Waals surface area contributed by atoms with Crippen LogP contribution in [0.25, 0.3) is 0 Å². The van der Waals surface area contributed by atoms with E-state index in [9.17, 15) is 14.9 Å². The Kier molecular flexibility index (Phi) is 7.60. The van der Waals surface area contributed by atoms with Crippen molar-refractivity contribution >= 4 is 17.5 Å². The van der Waals surface area contributed by atoms with Crippen molar-refractivity contribution in [1.82, 2.24) is 14.8 Å². The molecule has 2 N–H and O–H groups in total. The van der Waals surface area contributed by atoms with Gasteiger partial charge in [0.1, 0.15) is 12.1 Å². The SMILES string of the molecule is CC(C)(C)c1ccc(N(C(=O)[C@H]2CCCN2C#N)C(C(=O)N2CCC(N)CC2)c2cccnc2)cc1. The molecule has 0 aliphatic carbocycles. The van der Waals surface area contributed by atoms with Crippen LogP contribution in [0, 0.1) is 11.5 Å². The molecule has 8 heteroatoms. The Bertz CT molecular complexity index is 1100. The summed E-state index contributed by atoms with van der Waals surface area (Å²) in [7, 11) is 0. The van der Waals surface area contributed by atoms with Crippen molar-refractivity contribution < 1.29 is 9.59 Å². The van der Waals surface area contributed by atoms with Crippen molar-refractivity contribution in [2.45, 2.75) is 70.0 Å². The third-order valence-electron chi connectivity index (χ3n) is 7.26. The molecular weight excluding hydrogens is 452 g/mol. The van der Waals surface area contributed by atoms with Crippen LogP contribution < -0.4 is 10.6 Å². The summed E-state index contributed by atoms with van der Waals surface area (Å²) in [4.78, 5) is 37.5. The van der Waals surface area contributed by atoms with E-state index in [0.29, 0.717) is 37.3 Å². The highest BCUT2D eigenvalue weighted by molar-refractivity contribution is 6.04. The van der Waals surface area contributed by atoms with Crippen molar-refractivity contribution in [2.75, 3.05) is 24.5 Å². The van der Waals surface area contributed by atoms with Crippen LogP contribution in [0.3, 0.4) is 0 Å². The van der Waals surface area contributed by atoms with Crippen LogP contribution in [0.5, 0.6) is 0 Å². The number of piperidine rings is 1. The number of benzene rings is 1. The second kappa shape index (κ2) is 10.7. The molecule has 2 atom stereocenters. The van der Waals surface area contributed by atoms with Crippen molar-refractivity contribution in [2.24, 2.45) is 5.73 Å². The Morgan fingerprint density at radius 1 is 1.11 bits per heavy atom. The van der Waals surface area contributed by atoms with Gasteiger partial charge in [-0.25, -0.2) is 0 Å². The van der Waals surface area contributed by atoms with Crippen molar-refractivity contribution in [3.05, 3.63) is 59.9 Å². The minimum absolute atomic E-state index is 0.0540. The van der Waals surface area contributed by atoms with E-state index in [1.54, 1.807) is 23.4 Å². The third-order valence-corrected chi connectivity index (χ3v) is 7.26. The molecule has 2 amide bonds. The average Bonchev–Trinajstić information content (AvgIpc) is 3.36. The maximum atomic E-state index is 14.2. The number of anilines is 1. The zero-order chi connectivity index (χ0) is 25.9. The van der Waals surface area contributed by atoms with Gasteiger partial charge in [0.25, 0.3) is 5.91 Å². The largest absolute Gasteiger partial charge is 0.340 e. The summed E-state index contributed by atoms with van der Waals surface area (Å²) in [6, 6.07) is 10.1. The van der Waals surface area contributed by atoms with Crippen LogP contribution in [-0.2, 0) is 15.0 Å². The first kappa shape index (κ1) is 25.6. The van der Waals surface area contributed by atoms with Gasteiger partial charge in [-0.3, -0.25) is 24.4 Å². The van der Waals surface area contributed by atoms with Crippen LogP contribution in [0.2, 0.25) is 0 Å². The fraction of sp³-hybridized carbons (Fsp3) is 0.500. The van der Waals surface area contributed by atoms with Crippen LogP contribution in [0.4, 0.5) is 5.69 Å². The van der Waals surface area contributed by atoms with Gasteiger partial charge in [-0.1, -0.05) is 39.0 Å². The molecule has 0 saturated carbocycles. The molecule has 36 heavy (non-hydrogen) atoms. The standard InChI is InChI=1S/C28H36N6O2/c1-28(2,3)21-8-10-23(11-9-21)34(26(35)24-7-5-15-33(24)19-29)25(20-6-4-14-31-18-20)27(36)32-16-12-22(30)13-17-32/h4,6,8-11,14,18,22,24-25H,5,7,12-13,15-17,30H2,1-3H3/t24-,25?/m1/s1. The quantitative estimate of drug-likeness (QED) is 0.647. The zero-order valence-corrected chi connectivity index (χ0v) is 21.4. The van der Waals surface area contributed by atoms with Crippen molar-refractivity contribution in [3.8, 4) is 6.19 Å². The topological polar surface area (TPSA) is 107 Å². The summed E-state index contributed by atoms with van der Waals surface area (Å²) in [6.07, 6.45) is 8.27. The maximum absolute atomic E-state index is 14.2. The lowest BCUT2D eigenvalue weighted by molar-refractivity contribution is -0.136. The summed E-state index contributed by atoms with van der Waals surface area (Å²) in [5.41, 5.74) is 8.45. The van der Waals surface area contributed by atoms with Crippen LogP contribution >= 0.6 is 0 Å². The first-order valence-electron chi connectivity index (χ1n) is 12.7. The number of aromatic nitrogens is 1. The van der Waals surface area contributed by atoms with E-state index in [4.69, 9.17) is 5.73 Å². The number of nitrogens with zero attached hydrogens (tertiary/aromatic N) is 5. The second-order valence-electron chi connectivity index (χ2n) is 10.8. The molecular formula is C28H36N6O2. The van der Waals surface area contributed by atoms with E-state index in [1.165, 1.54) is 4.90 Å². The van der Waals surface area contributed by atoms with Gasteiger partial charge in [-0.2, -0.15) is 5.26 Å². The van der Waals surface area contributed by atoms with Gasteiger partial charge in [0, 0.05) is 49.3 Å². The molecule has 1 unspecified atom stereocenters. The fourth-order valence-corrected chi connectivity index (χ4v) is 5.06. The minimum atomic E-state index is -0.887. The predicted molar refractivity (Wildman–Crippen MR) is 139 cm³/mol. The molecule has 4 rings (SSSR count). The molecule has 1 aromatic heterocycles. The van der Waals surface area contributed by atoms with E-state index in [1.807, 2.05) is 35.2 Å². The molecule has 2 fully saturated rings. The van der Waals surface area contributed by atoms with Gasteiger partial charge in [0.05, 0.1) is 0 Å². The molecule has 1 aromatic carbocycles. The third kappa shape index (κ3) is 5.36. The molecule has 8 nitrogen and oxygen atoms in total. The van der Waals surface area contributed by atoms with Crippen LogP contribution in [-0.4, -0.2) is 58.3 Å². The van der Waals surface area contributed by atoms with Gasteiger partial charge in [-0.05, 0) is 54.9 Å².